The van der Waals surface area contributed by atoms with Crippen LogP contribution in [0.3, 0.4) is 0 Å². The molecule has 6 heteroatoms. The van der Waals surface area contributed by atoms with Crippen LogP contribution in [0, 0.1) is 12.7 Å². The van der Waals surface area contributed by atoms with Gasteiger partial charge in [0.2, 0.25) is 11.1 Å². The predicted octanol–water partition coefficient (Wildman–Crippen LogP) is 1.38. The first-order valence-electron chi connectivity index (χ1n) is 5.09. The van der Waals surface area contributed by atoms with Crippen LogP contribution >= 0.6 is 0 Å². The number of carbonyl (C=O) groups is 1. The Morgan fingerprint density at radius 2 is 2.17 bits per heavy atom. The van der Waals surface area contributed by atoms with Crippen molar-refractivity contribution in [2.75, 3.05) is 0 Å². The molecule has 1 aromatic carbocycles. The van der Waals surface area contributed by atoms with E-state index in [2.05, 4.69) is 5.10 Å². The molecule has 2 rings (SSSR count). The number of carboxylic acids is 1. The average molecular weight is 248 g/mol. The summed E-state index contributed by atoms with van der Waals surface area (Å²) in [5.41, 5.74) is -0.651. The maximum absolute atomic E-state index is 13.1. The molecule has 0 bridgehead atoms. The lowest BCUT2D eigenvalue weighted by Crippen LogP contribution is -2.23. The van der Waals surface area contributed by atoms with Gasteiger partial charge in [0, 0.05) is 11.8 Å². The number of halogens is 1. The lowest BCUT2D eigenvalue weighted by Gasteiger charge is -2.07. The van der Waals surface area contributed by atoms with Gasteiger partial charge in [0.15, 0.2) is 0 Å². The fourth-order valence-electron chi connectivity index (χ4n) is 1.50. The molecule has 0 amide bonds. The third-order valence-corrected chi connectivity index (χ3v) is 2.37. The standard InChI is InChI=1S/C12H9FN2O3/c1-7-6-15(9-4-2-3-8(13)5-9)14-10(11(7)16)12(17)18/h2-6H,1H3,(H,17,18). The molecular weight excluding hydrogens is 239 g/mol. The van der Waals surface area contributed by atoms with E-state index < -0.39 is 22.9 Å². The number of aryl methyl sites for hydroxylation is 1. The summed E-state index contributed by atoms with van der Waals surface area (Å²) in [6.45, 7) is 1.48. The van der Waals surface area contributed by atoms with Crippen LogP contribution in [-0.2, 0) is 0 Å². The van der Waals surface area contributed by atoms with E-state index >= 15 is 0 Å². The molecular formula is C12H9FN2O3. The third-order valence-electron chi connectivity index (χ3n) is 2.37. The molecule has 0 aliphatic rings. The van der Waals surface area contributed by atoms with Gasteiger partial charge in [0.1, 0.15) is 5.82 Å². The fraction of sp³-hybridized carbons (Fsp3) is 0.0833. The van der Waals surface area contributed by atoms with E-state index in [-0.39, 0.29) is 5.56 Å². The number of hydrogen-bond donors (Lipinski definition) is 1. The molecule has 0 unspecified atom stereocenters. The van der Waals surface area contributed by atoms with Crippen LogP contribution < -0.4 is 5.43 Å². The molecule has 0 aliphatic carbocycles. The molecule has 92 valence electrons. The number of aromatic nitrogens is 2. The number of carboxylic acid groups (broad SMARTS) is 1. The molecule has 0 radical (unpaired) electrons. The quantitative estimate of drug-likeness (QED) is 0.871. The summed E-state index contributed by atoms with van der Waals surface area (Å²) in [4.78, 5) is 22.4. The molecule has 0 saturated carbocycles. The molecule has 0 fully saturated rings. The minimum absolute atomic E-state index is 0.228. The summed E-state index contributed by atoms with van der Waals surface area (Å²) in [7, 11) is 0. The Morgan fingerprint density at radius 3 is 2.78 bits per heavy atom. The van der Waals surface area contributed by atoms with Crippen molar-refractivity contribution in [2.45, 2.75) is 6.92 Å². The van der Waals surface area contributed by atoms with Gasteiger partial charge in [0.05, 0.1) is 5.69 Å². The number of benzene rings is 1. The SMILES string of the molecule is Cc1cn(-c2cccc(F)c2)nc(C(=O)O)c1=O. The number of rotatable bonds is 2. The molecule has 0 spiro atoms. The van der Waals surface area contributed by atoms with E-state index in [0.29, 0.717) is 5.69 Å². The van der Waals surface area contributed by atoms with Crippen LogP contribution in [0.5, 0.6) is 0 Å². The van der Waals surface area contributed by atoms with Gasteiger partial charge >= 0.3 is 5.97 Å². The summed E-state index contributed by atoms with van der Waals surface area (Å²) in [5.74, 6) is -1.88. The topological polar surface area (TPSA) is 72.2 Å². The largest absolute Gasteiger partial charge is 0.476 e. The van der Waals surface area contributed by atoms with Crippen molar-refractivity contribution in [2.24, 2.45) is 0 Å². The molecule has 2 aromatic rings. The number of nitrogens with zero attached hydrogens (tertiary/aromatic N) is 2. The van der Waals surface area contributed by atoms with Crippen LogP contribution in [-0.4, -0.2) is 20.9 Å². The van der Waals surface area contributed by atoms with E-state index in [4.69, 9.17) is 5.11 Å². The summed E-state index contributed by atoms with van der Waals surface area (Å²) < 4.78 is 14.2. The van der Waals surface area contributed by atoms with Crippen LogP contribution in [0.1, 0.15) is 16.1 Å². The lowest BCUT2D eigenvalue weighted by atomic mass is 10.2. The van der Waals surface area contributed by atoms with E-state index in [1.54, 1.807) is 6.07 Å². The smallest absolute Gasteiger partial charge is 0.360 e. The van der Waals surface area contributed by atoms with E-state index in [0.717, 1.165) is 0 Å². The van der Waals surface area contributed by atoms with E-state index in [1.807, 2.05) is 0 Å². The van der Waals surface area contributed by atoms with Gasteiger partial charge in [-0.05, 0) is 25.1 Å². The van der Waals surface area contributed by atoms with Crippen molar-refractivity contribution < 1.29 is 14.3 Å². The summed E-state index contributed by atoms with van der Waals surface area (Å²) in [6.07, 6.45) is 1.36. The molecule has 1 N–H and O–H groups in total. The second kappa shape index (κ2) is 4.40. The zero-order chi connectivity index (χ0) is 13.3. The maximum atomic E-state index is 13.1. The van der Waals surface area contributed by atoms with Gasteiger partial charge in [-0.25, -0.2) is 13.9 Å². The minimum atomic E-state index is -1.41. The average Bonchev–Trinajstić information content (AvgIpc) is 2.32. The van der Waals surface area contributed by atoms with Gasteiger partial charge in [-0.1, -0.05) is 6.07 Å². The van der Waals surface area contributed by atoms with Gasteiger partial charge in [-0.3, -0.25) is 4.79 Å². The van der Waals surface area contributed by atoms with Crippen LogP contribution in [0.25, 0.3) is 5.69 Å². The first kappa shape index (κ1) is 12.0. The Morgan fingerprint density at radius 1 is 1.44 bits per heavy atom. The first-order valence-corrected chi connectivity index (χ1v) is 5.09. The normalized spacial score (nSPS) is 10.3. The Kier molecular flexibility index (Phi) is 2.93. The molecule has 1 heterocycles. The molecule has 18 heavy (non-hydrogen) atoms. The van der Waals surface area contributed by atoms with Crippen molar-refractivity contribution in [3.63, 3.8) is 0 Å². The second-order valence-corrected chi connectivity index (χ2v) is 3.72. The molecule has 1 aromatic heterocycles. The van der Waals surface area contributed by atoms with Gasteiger partial charge < -0.3 is 5.11 Å². The van der Waals surface area contributed by atoms with E-state index in [1.165, 1.54) is 36.0 Å². The monoisotopic (exact) mass is 248 g/mol. The zero-order valence-corrected chi connectivity index (χ0v) is 9.42. The Hall–Kier alpha value is -2.50. The van der Waals surface area contributed by atoms with Crippen LogP contribution in [0.2, 0.25) is 0 Å². The molecule has 5 nitrogen and oxygen atoms in total. The Labute approximate surface area is 101 Å². The highest BCUT2D eigenvalue weighted by Gasteiger charge is 2.14. The number of hydrogen-bond acceptors (Lipinski definition) is 3. The van der Waals surface area contributed by atoms with Gasteiger partial charge in [-0.15, -0.1) is 0 Å². The predicted molar refractivity (Wildman–Crippen MR) is 61.5 cm³/mol. The molecule has 0 atom stereocenters. The zero-order valence-electron chi connectivity index (χ0n) is 9.42. The Balaban J connectivity index is 2.66. The molecule has 0 saturated heterocycles. The van der Waals surface area contributed by atoms with Crippen molar-refractivity contribution in [3.05, 3.63) is 57.8 Å². The van der Waals surface area contributed by atoms with Gasteiger partial charge in [-0.2, -0.15) is 5.10 Å². The summed E-state index contributed by atoms with van der Waals surface area (Å²) in [5, 5.41) is 12.5. The second-order valence-electron chi connectivity index (χ2n) is 3.72. The van der Waals surface area contributed by atoms with E-state index in [9.17, 15) is 14.0 Å². The number of aromatic carboxylic acids is 1. The highest BCUT2D eigenvalue weighted by Crippen LogP contribution is 2.08. The maximum Gasteiger partial charge on any atom is 0.360 e. The fourth-order valence-corrected chi connectivity index (χ4v) is 1.50. The van der Waals surface area contributed by atoms with Crippen molar-refractivity contribution in [1.29, 1.82) is 0 Å². The van der Waals surface area contributed by atoms with Gasteiger partial charge in [0.25, 0.3) is 0 Å². The minimum Gasteiger partial charge on any atom is -0.476 e. The highest BCUT2D eigenvalue weighted by molar-refractivity contribution is 5.85. The summed E-state index contributed by atoms with van der Waals surface area (Å²) in [6, 6.07) is 5.49. The third kappa shape index (κ3) is 2.13. The summed E-state index contributed by atoms with van der Waals surface area (Å²) >= 11 is 0. The lowest BCUT2D eigenvalue weighted by molar-refractivity contribution is 0.0686. The highest BCUT2D eigenvalue weighted by atomic mass is 19.1. The Bertz CT molecular complexity index is 679. The van der Waals surface area contributed by atoms with Crippen LogP contribution in [0.4, 0.5) is 4.39 Å². The van der Waals surface area contributed by atoms with Crippen LogP contribution in [0.15, 0.2) is 35.3 Å². The van der Waals surface area contributed by atoms with Crippen molar-refractivity contribution in [3.8, 4) is 5.69 Å². The van der Waals surface area contributed by atoms with Crippen molar-refractivity contribution in [1.82, 2.24) is 9.78 Å². The molecule has 0 aliphatic heterocycles. The first-order chi connectivity index (χ1) is 8.49. The van der Waals surface area contributed by atoms with Crippen molar-refractivity contribution >= 4 is 5.97 Å².